The van der Waals surface area contributed by atoms with E-state index in [-0.39, 0.29) is 5.60 Å². The highest BCUT2D eigenvalue weighted by atomic mass is 16.5. The van der Waals surface area contributed by atoms with E-state index in [9.17, 15) is 0 Å². The van der Waals surface area contributed by atoms with Gasteiger partial charge in [0.2, 0.25) is 0 Å². The fourth-order valence-corrected chi connectivity index (χ4v) is 8.18. The van der Waals surface area contributed by atoms with Crippen molar-refractivity contribution in [3.63, 3.8) is 0 Å². The number of nitrogens with zero attached hydrogens (tertiary/aromatic N) is 5. The van der Waals surface area contributed by atoms with Crippen LogP contribution in [0.5, 0.6) is 0 Å². The minimum atomic E-state index is -0.0188. The fraction of sp³-hybridized carbons (Fsp3) is 1.00. The van der Waals surface area contributed by atoms with Gasteiger partial charge in [0, 0.05) is 58.4 Å². The van der Waals surface area contributed by atoms with E-state index in [1.54, 1.807) is 0 Å². The summed E-state index contributed by atoms with van der Waals surface area (Å²) in [6.45, 7) is 34.2. The molecule has 246 valence electrons. The van der Waals surface area contributed by atoms with Gasteiger partial charge in [0.1, 0.15) is 0 Å². The largest absolute Gasteiger partial charge is 0.375 e. The van der Waals surface area contributed by atoms with Gasteiger partial charge in [-0.05, 0) is 135 Å². The molecule has 6 nitrogen and oxygen atoms in total. The number of piperidine rings is 2. The van der Waals surface area contributed by atoms with Crippen LogP contribution in [0, 0.1) is 22.7 Å². The first kappa shape index (κ1) is 34.6. The van der Waals surface area contributed by atoms with Gasteiger partial charge in [0.25, 0.3) is 0 Å². The third-order valence-electron chi connectivity index (χ3n) is 11.6. The molecule has 4 aliphatic rings. The third kappa shape index (κ3) is 11.3. The van der Waals surface area contributed by atoms with Crippen LogP contribution in [0.15, 0.2) is 0 Å². The second kappa shape index (κ2) is 15.4. The molecule has 0 amide bonds. The summed E-state index contributed by atoms with van der Waals surface area (Å²) in [6, 6.07) is 0.807. The summed E-state index contributed by atoms with van der Waals surface area (Å²) in [7, 11) is 2.26. The maximum Gasteiger partial charge on any atom is 0.0600 e. The number of hydrogen-bond acceptors (Lipinski definition) is 6. The summed E-state index contributed by atoms with van der Waals surface area (Å²) in [4.78, 5) is 13.4. The van der Waals surface area contributed by atoms with Crippen LogP contribution in [0.4, 0.5) is 0 Å². The van der Waals surface area contributed by atoms with Crippen molar-refractivity contribution in [1.29, 1.82) is 0 Å². The molecule has 4 rings (SSSR count). The summed E-state index contributed by atoms with van der Waals surface area (Å²) in [5, 5.41) is 0. The van der Waals surface area contributed by atoms with Crippen LogP contribution in [-0.4, -0.2) is 135 Å². The second-order valence-corrected chi connectivity index (χ2v) is 17.3. The molecule has 0 spiro atoms. The molecule has 0 radical (unpaired) electrons. The van der Waals surface area contributed by atoms with E-state index in [0.717, 1.165) is 31.0 Å². The Morgan fingerprint density at radius 2 is 1.29 bits per heavy atom. The molecule has 4 fully saturated rings. The van der Waals surface area contributed by atoms with E-state index in [1.807, 2.05) is 0 Å². The molecule has 0 aromatic carbocycles. The molecule has 0 atom stereocenters. The average molecular weight is 590 g/mol. The van der Waals surface area contributed by atoms with E-state index in [2.05, 4.69) is 80.0 Å². The zero-order valence-electron chi connectivity index (χ0n) is 29.4. The number of likely N-dealkylation sites (N-methyl/N-ethyl adjacent to an activating group) is 1. The predicted octanol–water partition coefficient (Wildman–Crippen LogP) is 5.77. The lowest BCUT2D eigenvalue weighted by atomic mass is 9.68. The maximum atomic E-state index is 5.97. The standard InChI is InChI=1S/C36H71N5O/c1-34(2,3)42-27-26-38-18-12-33(13-19-38)41-20-10-32(11-21-41)36(6,7)16-15-35(4,5)14-9-17-40-29-31(30-40)28-39-24-22-37(8)23-25-39/h31-33H,9-30H2,1-8H3. The smallest absolute Gasteiger partial charge is 0.0600 e. The van der Waals surface area contributed by atoms with Gasteiger partial charge in [0.15, 0.2) is 0 Å². The fourth-order valence-electron chi connectivity index (χ4n) is 8.18. The summed E-state index contributed by atoms with van der Waals surface area (Å²) < 4.78 is 5.97. The molecule has 0 saturated carbocycles. The lowest BCUT2D eigenvalue weighted by molar-refractivity contribution is -0.0195. The van der Waals surface area contributed by atoms with Crippen molar-refractivity contribution in [2.45, 2.75) is 111 Å². The molecule has 4 heterocycles. The van der Waals surface area contributed by atoms with Crippen LogP contribution in [-0.2, 0) is 4.74 Å². The highest BCUT2D eigenvalue weighted by Crippen LogP contribution is 2.43. The minimum absolute atomic E-state index is 0.0188. The first-order chi connectivity index (χ1) is 19.8. The number of hydrogen-bond donors (Lipinski definition) is 0. The molecule has 0 N–H and O–H groups in total. The van der Waals surface area contributed by atoms with E-state index in [1.165, 1.54) is 130 Å². The highest BCUT2D eigenvalue weighted by molar-refractivity contribution is 4.89. The van der Waals surface area contributed by atoms with Gasteiger partial charge < -0.3 is 29.2 Å². The SMILES string of the molecule is CN1CCN(CC2CN(CCCC(C)(C)CCC(C)(C)C3CCN(C4CCN(CCOC(C)(C)C)CC4)CC3)C2)CC1. The molecule has 0 aromatic rings. The van der Waals surface area contributed by atoms with Gasteiger partial charge in [-0.3, -0.25) is 0 Å². The van der Waals surface area contributed by atoms with Crippen LogP contribution in [0.3, 0.4) is 0 Å². The Morgan fingerprint density at radius 1 is 0.643 bits per heavy atom. The Bertz CT molecular complexity index is 764. The van der Waals surface area contributed by atoms with Crippen molar-refractivity contribution in [2.75, 3.05) is 98.7 Å². The van der Waals surface area contributed by atoms with Gasteiger partial charge >= 0.3 is 0 Å². The van der Waals surface area contributed by atoms with Gasteiger partial charge in [-0.15, -0.1) is 0 Å². The maximum absolute atomic E-state index is 5.97. The van der Waals surface area contributed by atoms with E-state index >= 15 is 0 Å². The quantitative estimate of drug-likeness (QED) is 0.255. The molecule has 4 saturated heterocycles. The molecule has 0 aliphatic carbocycles. The lowest BCUT2D eigenvalue weighted by Crippen LogP contribution is -2.54. The normalized spacial score (nSPS) is 24.9. The third-order valence-corrected chi connectivity index (χ3v) is 11.6. The van der Waals surface area contributed by atoms with Crippen LogP contribution in [0.1, 0.15) is 99.8 Å². The Hall–Kier alpha value is -0.240. The number of rotatable bonds is 14. The molecule has 6 heteroatoms. The summed E-state index contributed by atoms with van der Waals surface area (Å²) in [5.41, 5.74) is 0.913. The van der Waals surface area contributed by atoms with Crippen molar-refractivity contribution in [3.05, 3.63) is 0 Å². The second-order valence-electron chi connectivity index (χ2n) is 17.3. The molecule has 4 aliphatic heterocycles. The average Bonchev–Trinajstić information content (AvgIpc) is 2.91. The molecule has 0 bridgehead atoms. The van der Waals surface area contributed by atoms with Crippen LogP contribution >= 0.6 is 0 Å². The number of piperazine rings is 1. The van der Waals surface area contributed by atoms with Gasteiger partial charge in [-0.1, -0.05) is 27.7 Å². The number of likely N-dealkylation sites (tertiary alicyclic amines) is 3. The van der Waals surface area contributed by atoms with Crippen molar-refractivity contribution in [3.8, 4) is 0 Å². The van der Waals surface area contributed by atoms with Crippen LogP contribution in [0.2, 0.25) is 0 Å². The Labute approximate surface area is 261 Å². The summed E-state index contributed by atoms with van der Waals surface area (Å²) in [5.74, 6) is 1.80. The van der Waals surface area contributed by atoms with Gasteiger partial charge in [-0.2, -0.15) is 0 Å². The van der Waals surface area contributed by atoms with E-state index in [0.29, 0.717) is 10.8 Å². The van der Waals surface area contributed by atoms with Crippen molar-refractivity contribution in [2.24, 2.45) is 22.7 Å². The summed E-state index contributed by atoms with van der Waals surface area (Å²) >= 11 is 0. The molecular weight excluding hydrogens is 518 g/mol. The Balaban J connectivity index is 1.05. The van der Waals surface area contributed by atoms with Gasteiger partial charge in [-0.25, -0.2) is 0 Å². The monoisotopic (exact) mass is 590 g/mol. The highest BCUT2D eigenvalue weighted by Gasteiger charge is 2.36. The minimum Gasteiger partial charge on any atom is -0.375 e. The van der Waals surface area contributed by atoms with Crippen molar-refractivity contribution < 1.29 is 4.74 Å². The van der Waals surface area contributed by atoms with Crippen molar-refractivity contribution >= 4 is 0 Å². The zero-order valence-corrected chi connectivity index (χ0v) is 29.4. The Kier molecular flexibility index (Phi) is 12.7. The van der Waals surface area contributed by atoms with Crippen LogP contribution in [0.25, 0.3) is 0 Å². The predicted molar refractivity (Wildman–Crippen MR) is 179 cm³/mol. The molecular formula is C36H71N5O. The molecule has 42 heavy (non-hydrogen) atoms. The topological polar surface area (TPSA) is 25.4 Å². The zero-order chi connectivity index (χ0) is 30.4. The van der Waals surface area contributed by atoms with Gasteiger partial charge in [0.05, 0.1) is 12.2 Å². The van der Waals surface area contributed by atoms with Crippen LogP contribution < -0.4 is 0 Å². The first-order valence-corrected chi connectivity index (χ1v) is 18.0. The van der Waals surface area contributed by atoms with Crippen molar-refractivity contribution in [1.82, 2.24) is 24.5 Å². The number of ether oxygens (including phenoxy) is 1. The lowest BCUT2D eigenvalue weighted by Gasteiger charge is -2.46. The van der Waals surface area contributed by atoms with E-state index in [4.69, 9.17) is 4.74 Å². The Morgan fingerprint density at radius 3 is 1.90 bits per heavy atom. The summed E-state index contributed by atoms with van der Waals surface area (Å²) in [6.07, 6.45) is 11.0. The first-order valence-electron chi connectivity index (χ1n) is 18.0. The van der Waals surface area contributed by atoms with E-state index < -0.39 is 0 Å². The molecule has 0 unspecified atom stereocenters. The molecule has 0 aromatic heterocycles.